The Morgan fingerprint density at radius 1 is 1.39 bits per heavy atom. The van der Waals surface area contributed by atoms with Crippen LogP contribution in [0, 0.1) is 0 Å². The van der Waals surface area contributed by atoms with Gasteiger partial charge in [-0.15, -0.1) is 0 Å². The molecule has 0 unspecified atom stereocenters. The number of rotatable bonds is 3. The van der Waals surface area contributed by atoms with Gasteiger partial charge >= 0.3 is 6.18 Å². The lowest BCUT2D eigenvalue weighted by molar-refractivity contribution is -0.163. The molecule has 0 heterocycles. The summed E-state index contributed by atoms with van der Waals surface area (Å²) in [4.78, 5) is 11.8. The molecule has 1 aliphatic rings. The molecule has 0 radical (unpaired) electrons. The van der Waals surface area contributed by atoms with Gasteiger partial charge in [-0.3, -0.25) is 4.79 Å². The van der Waals surface area contributed by atoms with Crippen LogP contribution in [-0.4, -0.2) is 17.6 Å². The zero-order valence-electron chi connectivity index (χ0n) is 9.55. The van der Waals surface area contributed by atoms with Gasteiger partial charge in [-0.05, 0) is 30.5 Å². The maximum atomic E-state index is 12.7. The maximum absolute atomic E-state index is 12.7. The van der Waals surface area contributed by atoms with Crippen molar-refractivity contribution < 1.29 is 18.0 Å². The van der Waals surface area contributed by atoms with Crippen LogP contribution in [-0.2, 0) is 6.54 Å². The summed E-state index contributed by atoms with van der Waals surface area (Å²) in [5, 5.41) is 2.07. The number of alkyl halides is 3. The molecule has 0 aromatic heterocycles. The van der Waals surface area contributed by atoms with E-state index in [0.29, 0.717) is 5.56 Å². The van der Waals surface area contributed by atoms with Gasteiger partial charge in [-0.2, -0.15) is 13.2 Å². The van der Waals surface area contributed by atoms with Crippen LogP contribution in [0.4, 0.5) is 13.2 Å². The second-order valence-corrected chi connectivity index (χ2v) is 4.44. The van der Waals surface area contributed by atoms with Crippen molar-refractivity contribution in [3.05, 3.63) is 35.4 Å². The van der Waals surface area contributed by atoms with E-state index in [1.165, 1.54) is 12.1 Å². The minimum atomic E-state index is -4.39. The molecule has 1 fully saturated rings. The van der Waals surface area contributed by atoms with E-state index in [1.54, 1.807) is 12.1 Å². The topological polar surface area (TPSA) is 55.1 Å². The van der Waals surface area contributed by atoms with Gasteiger partial charge in [0.15, 0.2) is 0 Å². The van der Waals surface area contributed by atoms with Crippen molar-refractivity contribution in [1.82, 2.24) is 5.32 Å². The highest BCUT2D eigenvalue weighted by Gasteiger charge is 2.64. The summed E-state index contributed by atoms with van der Waals surface area (Å²) in [6.45, 7) is 0.242. The fourth-order valence-corrected chi connectivity index (χ4v) is 1.73. The number of hydrogen-bond acceptors (Lipinski definition) is 2. The monoisotopic (exact) mass is 258 g/mol. The Bertz CT molecular complexity index is 467. The average molecular weight is 258 g/mol. The fraction of sp³-hybridized carbons (Fsp3) is 0.417. The summed E-state index contributed by atoms with van der Waals surface area (Å²) < 4.78 is 38.0. The molecule has 1 aromatic carbocycles. The molecular formula is C12H13F3N2O. The highest BCUT2D eigenvalue weighted by Crippen LogP contribution is 2.49. The van der Waals surface area contributed by atoms with E-state index in [1.807, 2.05) is 0 Å². The number of nitrogens with one attached hydrogen (secondary N) is 1. The number of halogens is 3. The van der Waals surface area contributed by atoms with E-state index in [4.69, 9.17) is 5.73 Å². The number of hydrogen-bond donors (Lipinski definition) is 2. The SMILES string of the molecule is NCc1cccc(C(=O)NC2(C(F)(F)F)CC2)c1. The Labute approximate surface area is 102 Å². The molecule has 1 saturated carbocycles. The highest BCUT2D eigenvalue weighted by molar-refractivity contribution is 5.95. The molecule has 1 aromatic rings. The lowest BCUT2D eigenvalue weighted by atomic mass is 10.1. The molecule has 3 N–H and O–H groups in total. The number of carbonyl (C=O) groups is 1. The quantitative estimate of drug-likeness (QED) is 0.870. The third-order valence-electron chi connectivity index (χ3n) is 3.07. The first-order valence-electron chi connectivity index (χ1n) is 5.56. The van der Waals surface area contributed by atoms with Gasteiger partial charge in [-0.25, -0.2) is 0 Å². The molecular weight excluding hydrogens is 245 g/mol. The van der Waals surface area contributed by atoms with Gasteiger partial charge in [0.2, 0.25) is 0 Å². The Morgan fingerprint density at radius 2 is 2.06 bits per heavy atom. The molecule has 1 aliphatic carbocycles. The third-order valence-corrected chi connectivity index (χ3v) is 3.07. The van der Waals surface area contributed by atoms with Crippen LogP contribution in [0.15, 0.2) is 24.3 Å². The van der Waals surface area contributed by atoms with Gasteiger partial charge in [0.25, 0.3) is 5.91 Å². The van der Waals surface area contributed by atoms with Crippen molar-refractivity contribution >= 4 is 5.91 Å². The van der Waals surface area contributed by atoms with Crippen molar-refractivity contribution in [2.24, 2.45) is 5.73 Å². The second-order valence-electron chi connectivity index (χ2n) is 4.44. The third kappa shape index (κ3) is 2.33. The van der Waals surface area contributed by atoms with Crippen LogP contribution in [0.2, 0.25) is 0 Å². The van der Waals surface area contributed by atoms with Crippen molar-refractivity contribution in [2.45, 2.75) is 31.1 Å². The van der Waals surface area contributed by atoms with Gasteiger partial charge in [0.05, 0.1) is 0 Å². The first kappa shape index (κ1) is 12.9. The Kier molecular flexibility index (Phi) is 3.06. The number of nitrogens with two attached hydrogens (primary N) is 1. The molecule has 0 aliphatic heterocycles. The minimum absolute atomic E-state index is 0.0567. The molecule has 0 saturated heterocycles. The summed E-state index contributed by atoms with van der Waals surface area (Å²) in [6.07, 6.45) is -4.51. The molecule has 1 amide bonds. The molecule has 0 atom stereocenters. The van der Waals surface area contributed by atoms with Crippen molar-refractivity contribution in [3.63, 3.8) is 0 Å². The van der Waals surface area contributed by atoms with Gasteiger partial charge in [0, 0.05) is 12.1 Å². The van der Waals surface area contributed by atoms with Crippen molar-refractivity contribution in [3.8, 4) is 0 Å². The van der Waals surface area contributed by atoms with E-state index in [9.17, 15) is 18.0 Å². The van der Waals surface area contributed by atoms with Gasteiger partial charge in [0.1, 0.15) is 5.54 Å². The Balaban J connectivity index is 2.13. The zero-order chi connectivity index (χ0) is 13.4. The second kappa shape index (κ2) is 4.28. The number of benzene rings is 1. The zero-order valence-corrected chi connectivity index (χ0v) is 9.55. The Morgan fingerprint density at radius 3 is 2.56 bits per heavy atom. The van der Waals surface area contributed by atoms with Crippen molar-refractivity contribution in [1.29, 1.82) is 0 Å². The fourth-order valence-electron chi connectivity index (χ4n) is 1.73. The Hall–Kier alpha value is -1.56. The molecule has 0 spiro atoms. The lowest BCUT2D eigenvalue weighted by Crippen LogP contribution is -2.47. The van der Waals surface area contributed by atoms with Crippen LogP contribution in [0.1, 0.15) is 28.8 Å². The van der Waals surface area contributed by atoms with Gasteiger partial charge < -0.3 is 11.1 Å². The van der Waals surface area contributed by atoms with Gasteiger partial charge in [-0.1, -0.05) is 12.1 Å². The first-order valence-corrected chi connectivity index (χ1v) is 5.56. The standard InChI is InChI=1S/C12H13F3N2O/c13-12(14,15)11(4-5-11)17-10(18)9-3-1-2-8(6-9)7-16/h1-3,6H,4-5,7,16H2,(H,17,18). The predicted molar refractivity (Wildman–Crippen MR) is 59.8 cm³/mol. The first-order chi connectivity index (χ1) is 8.38. The maximum Gasteiger partial charge on any atom is 0.411 e. The summed E-state index contributed by atoms with van der Waals surface area (Å²) in [5.74, 6) is -0.708. The van der Waals surface area contributed by atoms with E-state index >= 15 is 0 Å². The summed E-state index contributed by atoms with van der Waals surface area (Å²) >= 11 is 0. The minimum Gasteiger partial charge on any atom is -0.338 e. The summed E-state index contributed by atoms with van der Waals surface area (Å²) in [6, 6.07) is 6.29. The largest absolute Gasteiger partial charge is 0.411 e. The van der Waals surface area contributed by atoms with Crippen LogP contribution in [0.3, 0.4) is 0 Å². The van der Waals surface area contributed by atoms with E-state index in [-0.39, 0.29) is 24.9 Å². The number of carbonyl (C=O) groups excluding carboxylic acids is 1. The van der Waals surface area contributed by atoms with E-state index in [2.05, 4.69) is 5.32 Å². The van der Waals surface area contributed by atoms with Crippen molar-refractivity contribution in [2.75, 3.05) is 0 Å². The predicted octanol–water partition coefficient (Wildman–Crippen LogP) is 1.97. The number of amides is 1. The average Bonchev–Trinajstić information content (AvgIpc) is 3.09. The van der Waals surface area contributed by atoms with E-state index < -0.39 is 17.6 Å². The molecule has 2 rings (SSSR count). The summed E-state index contributed by atoms with van der Waals surface area (Å²) in [7, 11) is 0. The van der Waals surface area contributed by atoms with Crippen LogP contribution in [0.5, 0.6) is 0 Å². The lowest BCUT2D eigenvalue weighted by Gasteiger charge is -2.20. The normalized spacial score (nSPS) is 17.3. The smallest absolute Gasteiger partial charge is 0.338 e. The molecule has 3 nitrogen and oxygen atoms in total. The van der Waals surface area contributed by atoms with Crippen LogP contribution in [0.25, 0.3) is 0 Å². The molecule has 0 bridgehead atoms. The van der Waals surface area contributed by atoms with Crippen LogP contribution < -0.4 is 11.1 Å². The summed E-state index contributed by atoms with van der Waals surface area (Å²) in [5.41, 5.74) is 4.30. The molecule has 18 heavy (non-hydrogen) atoms. The van der Waals surface area contributed by atoms with E-state index in [0.717, 1.165) is 0 Å². The molecule has 98 valence electrons. The molecule has 6 heteroatoms. The highest BCUT2D eigenvalue weighted by atomic mass is 19.4. The van der Waals surface area contributed by atoms with Crippen LogP contribution >= 0.6 is 0 Å².